The van der Waals surface area contributed by atoms with E-state index in [9.17, 15) is 0 Å². The summed E-state index contributed by atoms with van der Waals surface area (Å²) in [6.45, 7) is 8.00. The highest BCUT2D eigenvalue weighted by Crippen LogP contribution is 2.19. The maximum absolute atomic E-state index is 4.58. The summed E-state index contributed by atoms with van der Waals surface area (Å²) in [6.07, 6.45) is 3.39. The van der Waals surface area contributed by atoms with Crippen molar-refractivity contribution < 1.29 is 0 Å². The Bertz CT molecular complexity index is 621. The summed E-state index contributed by atoms with van der Waals surface area (Å²) in [5, 5.41) is 8.75. The SMILES string of the molecule is CC.CC.c1ccc2nc(-c3ccnnc3)ccc2c1. The predicted molar refractivity (Wildman–Crippen MR) is 85.5 cm³/mol. The largest absolute Gasteiger partial charge is 0.248 e. The van der Waals surface area contributed by atoms with E-state index in [2.05, 4.69) is 27.3 Å². The lowest BCUT2D eigenvalue weighted by Gasteiger charge is -2.01. The highest BCUT2D eigenvalue weighted by molar-refractivity contribution is 5.81. The third-order valence-corrected chi connectivity index (χ3v) is 2.48. The lowest BCUT2D eigenvalue weighted by Crippen LogP contribution is -1.86. The van der Waals surface area contributed by atoms with E-state index in [4.69, 9.17) is 0 Å². The summed E-state index contributed by atoms with van der Waals surface area (Å²) >= 11 is 0. The van der Waals surface area contributed by atoms with Gasteiger partial charge >= 0.3 is 0 Å². The average molecular weight is 267 g/mol. The fraction of sp³-hybridized carbons (Fsp3) is 0.235. The minimum atomic E-state index is 0.925. The fourth-order valence-electron chi connectivity index (χ4n) is 1.67. The molecule has 3 nitrogen and oxygen atoms in total. The Hall–Kier alpha value is -2.29. The van der Waals surface area contributed by atoms with Crippen LogP contribution in [0.3, 0.4) is 0 Å². The number of para-hydroxylation sites is 1. The number of rotatable bonds is 1. The van der Waals surface area contributed by atoms with Crippen LogP contribution in [0.5, 0.6) is 0 Å². The molecule has 2 heterocycles. The van der Waals surface area contributed by atoms with E-state index < -0.39 is 0 Å². The van der Waals surface area contributed by atoms with Gasteiger partial charge in [0.05, 0.1) is 23.6 Å². The van der Waals surface area contributed by atoms with E-state index in [1.807, 2.05) is 58.0 Å². The van der Waals surface area contributed by atoms with Crippen LogP contribution in [0.1, 0.15) is 27.7 Å². The van der Waals surface area contributed by atoms with Gasteiger partial charge in [-0.25, -0.2) is 4.98 Å². The molecule has 0 N–H and O–H groups in total. The van der Waals surface area contributed by atoms with Crippen molar-refractivity contribution in [2.45, 2.75) is 27.7 Å². The van der Waals surface area contributed by atoms with Gasteiger partial charge in [0.1, 0.15) is 0 Å². The van der Waals surface area contributed by atoms with E-state index in [1.165, 1.54) is 0 Å². The molecule has 3 heteroatoms. The van der Waals surface area contributed by atoms with Crippen LogP contribution < -0.4 is 0 Å². The molecule has 0 aliphatic rings. The van der Waals surface area contributed by atoms with Crippen molar-refractivity contribution in [1.82, 2.24) is 15.2 Å². The Kier molecular flexibility index (Phi) is 6.90. The van der Waals surface area contributed by atoms with Crippen LogP contribution in [0.2, 0.25) is 0 Å². The van der Waals surface area contributed by atoms with Crippen LogP contribution in [0.4, 0.5) is 0 Å². The van der Waals surface area contributed by atoms with Gasteiger partial charge in [-0.1, -0.05) is 52.0 Å². The summed E-state index contributed by atoms with van der Waals surface area (Å²) < 4.78 is 0. The zero-order valence-electron chi connectivity index (χ0n) is 12.5. The molecule has 20 heavy (non-hydrogen) atoms. The third kappa shape index (κ3) is 3.85. The maximum atomic E-state index is 4.58. The van der Waals surface area contributed by atoms with Gasteiger partial charge in [0.25, 0.3) is 0 Å². The Labute approximate surface area is 120 Å². The minimum absolute atomic E-state index is 0.925. The normalized spacial score (nSPS) is 9.00. The first-order chi connectivity index (χ1) is 9.93. The molecule has 0 unspecified atom stereocenters. The van der Waals surface area contributed by atoms with Crippen molar-refractivity contribution >= 4 is 10.9 Å². The number of benzene rings is 1. The molecule has 104 valence electrons. The molecule has 0 saturated carbocycles. The smallest absolute Gasteiger partial charge is 0.0726 e. The first kappa shape index (κ1) is 15.8. The molecule has 0 spiro atoms. The molecule has 1 aromatic carbocycles. The van der Waals surface area contributed by atoms with Crippen molar-refractivity contribution in [3.63, 3.8) is 0 Å². The lowest BCUT2D eigenvalue weighted by molar-refractivity contribution is 1.03. The molecule has 0 bridgehead atoms. The van der Waals surface area contributed by atoms with E-state index >= 15 is 0 Å². The highest BCUT2D eigenvalue weighted by Gasteiger charge is 2.00. The van der Waals surface area contributed by atoms with E-state index in [-0.39, 0.29) is 0 Å². The second-order valence-electron chi connectivity index (χ2n) is 3.52. The van der Waals surface area contributed by atoms with Crippen LogP contribution >= 0.6 is 0 Å². The first-order valence-electron chi connectivity index (χ1n) is 7.06. The molecule has 3 rings (SSSR count). The van der Waals surface area contributed by atoms with E-state index in [0.717, 1.165) is 22.2 Å². The lowest BCUT2D eigenvalue weighted by atomic mass is 10.1. The first-order valence-corrected chi connectivity index (χ1v) is 7.06. The van der Waals surface area contributed by atoms with Crippen molar-refractivity contribution in [1.29, 1.82) is 0 Å². The molecule has 0 fully saturated rings. The topological polar surface area (TPSA) is 38.7 Å². The molecular formula is C17H21N3. The maximum Gasteiger partial charge on any atom is 0.0726 e. The Morgan fingerprint density at radius 3 is 2.20 bits per heavy atom. The van der Waals surface area contributed by atoms with Gasteiger partial charge in [-0.15, -0.1) is 0 Å². The van der Waals surface area contributed by atoms with Gasteiger partial charge < -0.3 is 0 Å². The highest BCUT2D eigenvalue weighted by atomic mass is 15.1. The van der Waals surface area contributed by atoms with Gasteiger partial charge in [-0.05, 0) is 18.2 Å². The molecule has 0 radical (unpaired) electrons. The summed E-state index contributed by atoms with van der Waals surface area (Å²) in [5.41, 5.74) is 2.91. The monoisotopic (exact) mass is 267 g/mol. The fourth-order valence-corrected chi connectivity index (χ4v) is 1.67. The van der Waals surface area contributed by atoms with Gasteiger partial charge in [-0.2, -0.15) is 10.2 Å². The van der Waals surface area contributed by atoms with E-state index in [1.54, 1.807) is 12.4 Å². The molecular weight excluding hydrogens is 246 g/mol. The van der Waals surface area contributed by atoms with Crippen LogP contribution in [-0.2, 0) is 0 Å². The predicted octanol–water partition coefficient (Wildman–Crippen LogP) is 4.74. The van der Waals surface area contributed by atoms with Crippen LogP contribution in [-0.4, -0.2) is 15.2 Å². The van der Waals surface area contributed by atoms with Crippen LogP contribution in [0.25, 0.3) is 22.2 Å². The molecule has 3 aromatic rings. The van der Waals surface area contributed by atoms with Crippen molar-refractivity contribution in [3.05, 3.63) is 54.9 Å². The zero-order valence-corrected chi connectivity index (χ0v) is 12.5. The number of hydrogen-bond donors (Lipinski definition) is 0. The number of fused-ring (bicyclic) bond motifs is 1. The van der Waals surface area contributed by atoms with Gasteiger partial charge in [0.15, 0.2) is 0 Å². The second-order valence-corrected chi connectivity index (χ2v) is 3.52. The number of nitrogens with zero attached hydrogens (tertiary/aromatic N) is 3. The standard InChI is InChI=1S/C13H9N3.2C2H6/c1-2-4-12-10(3-1)5-6-13(16-12)11-7-8-14-15-9-11;2*1-2/h1-9H;2*1-2H3. The third-order valence-electron chi connectivity index (χ3n) is 2.48. The molecule has 0 aliphatic carbocycles. The van der Waals surface area contributed by atoms with Crippen molar-refractivity contribution in [3.8, 4) is 11.3 Å². The Balaban J connectivity index is 0.000000461. The van der Waals surface area contributed by atoms with Crippen molar-refractivity contribution in [2.75, 3.05) is 0 Å². The summed E-state index contributed by atoms with van der Waals surface area (Å²) in [5.74, 6) is 0. The molecule has 0 aliphatic heterocycles. The van der Waals surface area contributed by atoms with Crippen LogP contribution in [0.15, 0.2) is 54.9 Å². The average Bonchev–Trinajstić information content (AvgIpc) is 2.59. The van der Waals surface area contributed by atoms with Crippen molar-refractivity contribution in [2.24, 2.45) is 0 Å². The number of pyridine rings is 1. The number of aromatic nitrogens is 3. The Morgan fingerprint density at radius 1 is 0.750 bits per heavy atom. The quantitative estimate of drug-likeness (QED) is 0.639. The summed E-state index contributed by atoms with van der Waals surface area (Å²) in [7, 11) is 0. The van der Waals surface area contributed by atoms with E-state index in [0.29, 0.717) is 0 Å². The molecule has 2 aromatic heterocycles. The van der Waals surface area contributed by atoms with Gasteiger partial charge in [-0.3, -0.25) is 0 Å². The second kappa shape index (κ2) is 8.75. The van der Waals surface area contributed by atoms with Crippen LogP contribution in [0, 0.1) is 0 Å². The Morgan fingerprint density at radius 2 is 1.50 bits per heavy atom. The number of hydrogen-bond acceptors (Lipinski definition) is 3. The summed E-state index contributed by atoms with van der Waals surface area (Å²) in [6, 6.07) is 14.0. The zero-order chi connectivity index (χ0) is 14.8. The van der Waals surface area contributed by atoms with Gasteiger partial charge in [0.2, 0.25) is 0 Å². The molecule has 0 atom stereocenters. The summed E-state index contributed by atoms with van der Waals surface area (Å²) in [4.78, 5) is 4.58. The molecule has 0 amide bonds. The molecule has 0 saturated heterocycles. The van der Waals surface area contributed by atoms with Gasteiger partial charge in [0, 0.05) is 10.9 Å². The minimum Gasteiger partial charge on any atom is -0.248 e.